The van der Waals surface area contributed by atoms with Gasteiger partial charge < -0.3 is 9.32 Å². The van der Waals surface area contributed by atoms with E-state index in [1.807, 2.05) is 56.3 Å². The second-order valence-corrected chi connectivity index (χ2v) is 7.53. The summed E-state index contributed by atoms with van der Waals surface area (Å²) in [5.74, 6) is 0.431. The Morgan fingerprint density at radius 3 is 2.42 bits per heavy atom. The molecule has 5 nitrogen and oxygen atoms in total. The van der Waals surface area contributed by atoms with E-state index in [0.29, 0.717) is 13.1 Å². The van der Waals surface area contributed by atoms with Crippen molar-refractivity contribution in [2.75, 3.05) is 0 Å². The van der Waals surface area contributed by atoms with E-state index in [9.17, 15) is 9.18 Å². The van der Waals surface area contributed by atoms with Crippen LogP contribution in [0.2, 0.25) is 0 Å². The van der Waals surface area contributed by atoms with Gasteiger partial charge in [0.15, 0.2) is 0 Å². The lowest BCUT2D eigenvalue weighted by atomic mass is 10.1. The molecular formula is C25H24FN3O2. The first kappa shape index (κ1) is 20.6. The number of carbonyl (C=O) groups is 1. The summed E-state index contributed by atoms with van der Waals surface area (Å²) in [4.78, 5) is 15.1. The monoisotopic (exact) mass is 417 g/mol. The van der Waals surface area contributed by atoms with Crippen LogP contribution in [-0.4, -0.2) is 20.6 Å². The number of rotatable bonds is 7. The molecule has 0 unspecified atom stereocenters. The Kier molecular flexibility index (Phi) is 5.98. The molecule has 0 saturated carbocycles. The molecule has 2 aromatic heterocycles. The number of carbonyl (C=O) groups excluding carboxylic acids is 1. The van der Waals surface area contributed by atoms with Crippen LogP contribution >= 0.6 is 0 Å². The molecule has 4 aromatic rings. The van der Waals surface area contributed by atoms with Crippen molar-refractivity contribution < 1.29 is 13.6 Å². The van der Waals surface area contributed by atoms with Crippen LogP contribution in [0.3, 0.4) is 0 Å². The molecule has 4 rings (SSSR count). The minimum absolute atomic E-state index is 0.00916. The van der Waals surface area contributed by atoms with E-state index in [0.717, 1.165) is 34.0 Å². The average Bonchev–Trinajstić information content (AvgIpc) is 3.38. The Balaban J connectivity index is 1.58. The SMILES string of the molecule is Cc1nn(-c2ccc(F)cc2)c(C)c1CC(=O)N(Cc1ccccc1)Cc1ccco1. The van der Waals surface area contributed by atoms with Gasteiger partial charge in [0.05, 0.1) is 30.6 Å². The number of furan rings is 1. The van der Waals surface area contributed by atoms with Crippen molar-refractivity contribution in [1.29, 1.82) is 0 Å². The predicted molar refractivity (Wildman–Crippen MR) is 116 cm³/mol. The van der Waals surface area contributed by atoms with E-state index in [-0.39, 0.29) is 18.1 Å². The van der Waals surface area contributed by atoms with E-state index < -0.39 is 0 Å². The number of hydrogen-bond acceptors (Lipinski definition) is 3. The van der Waals surface area contributed by atoms with Crippen LogP contribution in [0.5, 0.6) is 0 Å². The zero-order valence-electron chi connectivity index (χ0n) is 17.6. The minimum Gasteiger partial charge on any atom is -0.467 e. The van der Waals surface area contributed by atoms with Gasteiger partial charge in [0, 0.05) is 17.8 Å². The summed E-state index contributed by atoms with van der Waals surface area (Å²) in [6.45, 7) is 4.71. The van der Waals surface area contributed by atoms with Gasteiger partial charge in [0.1, 0.15) is 11.6 Å². The van der Waals surface area contributed by atoms with Gasteiger partial charge in [-0.25, -0.2) is 9.07 Å². The topological polar surface area (TPSA) is 51.3 Å². The van der Waals surface area contributed by atoms with Gasteiger partial charge in [-0.1, -0.05) is 30.3 Å². The van der Waals surface area contributed by atoms with Crippen LogP contribution in [-0.2, 0) is 24.3 Å². The van der Waals surface area contributed by atoms with Crippen molar-refractivity contribution >= 4 is 5.91 Å². The Morgan fingerprint density at radius 1 is 1.00 bits per heavy atom. The van der Waals surface area contributed by atoms with Crippen LogP contribution in [0, 0.1) is 19.7 Å². The standard InChI is InChI=1S/C25H24FN3O2/c1-18-24(19(2)29(27-18)22-12-10-21(26)11-13-22)15-25(30)28(17-23-9-6-14-31-23)16-20-7-4-3-5-8-20/h3-14H,15-17H2,1-2H3. The van der Waals surface area contributed by atoms with Crippen LogP contribution in [0.1, 0.15) is 28.3 Å². The normalized spacial score (nSPS) is 10.9. The molecule has 1 amide bonds. The van der Waals surface area contributed by atoms with Crippen molar-refractivity contribution in [2.45, 2.75) is 33.4 Å². The third-order valence-electron chi connectivity index (χ3n) is 5.34. The molecular weight excluding hydrogens is 393 g/mol. The lowest BCUT2D eigenvalue weighted by molar-refractivity contribution is -0.132. The van der Waals surface area contributed by atoms with Gasteiger partial charge >= 0.3 is 0 Å². The first-order valence-corrected chi connectivity index (χ1v) is 10.2. The van der Waals surface area contributed by atoms with E-state index in [2.05, 4.69) is 5.10 Å². The molecule has 0 aliphatic carbocycles. The number of halogens is 1. The summed E-state index contributed by atoms with van der Waals surface area (Å²) in [6.07, 6.45) is 1.84. The molecule has 0 bridgehead atoms. The second kappa shape index (κ2) is 9.00. The lowest BCUT2D eigenvalue weighted by Gasteiger charge is -2.22. The zero-order valence-corrected chi connectivity index (χ0v) is 17.6. The summed E-state index contributed by atoms with van der Waals surface area (Å²) in [5, 5.41) is 4.59. The molecule has 0 spiro atoms. The van der Waals surface area contributed by atoms with Gasteiger partial charge in [-0.3, -0.25) is 4.79 Å². The van der Waals surface area contributed by atoms with Crippen molar-refractivity contribution in [1.82, 2.24) is 14.7 Å². The Bertz CT molecular complexity index is 1150. The molecule has 2 aromatic carbocycles. The third-order valence-corrected chi connectivity index (χ3v) is 5.34. The maximum absolute atomic E-state index is 13.3. The van der Waals surface area contributed by atoms with E-state index in [4.69, 9.17) is 4.42 Å². The number of amides is 1. The lowest BCUT2D eigenvalue weighted by Crippen LogP contribution is -2.31. The number of hydrogen-bond donors (Lipinski definition) is 0. The summed E-state index contributed by atoms with van der Waals surface area (Å²) in [6, 6.07) is 19.8. The molecule has 0 atom stereocenters. The third kappa shape index (κ3) is 4.74. The highest BCUT2D eigenvalue weighted by atomic mass is 19.1. The molecule has 0 saturated heterocycles. The molecule has 0 fully saturated rings. The molecule has 0 radical (unpaired) electrons. The van der Waals surface area contributed by atoms with Gasteiger partial charge in [-0.05, 0) is 55.8 Å². The highest BCUT2D eigenvalue weighted by Crippen LogP contribution is 2.21. The minimum atomic E-state index is -0.296. The average molecular weight is 417 g/mol. The number of aromatic nitrogens is 2. The molecule has 0 N–H and O–H groups in total. The van der Waals surface area contributed by atoms with Crippen molar-refractivity contribution in [3.05, 3.63) is 107 Å². The summed E-state index contributed by atoms with van der Waals surface area (Å²) < 4.78 is 20.5. The Hall–Kier alpha value is -3.67. The fraction of sp³-hybridized carbons (Fsp3) is 0.200. The molecule has 6 heteroatoms. The summed E-state index contributed by atoms with van der Waals surface area (Å²) >= 11 is 0. The smallest absolute Gasteiger partial charge is 0.227 e. The van der Waals surface area contributed by atoms with Gasteiger partial charge in [-0.15, -0.1) is 0 Å². The second-order valence-electron chi connectivity index (χ2n) is 7.53. The maximum atomic E-state index is 13.3. The van der Waals surface area contributed by atoms with E-state index >= 15 is 0 Å². The van der Waals surface area contributed by atoms with Crippen LogP contribution in [0.25, 0.3) is 5.69 Å². The van der Waals surface area contributed by atoms with E-state index in [1.54, 1.807) is 28.0 Å². The van der Waals surface area contributed by atoms with Crippen molar-refractivity contribution in [2.24, 2.45) is 0 Å². The summed E-state index contributed by atoms with van der Waals surface area (Å²) in [5.41, 5.74) is 4.35. The largest absolute Gasteiger partial charge is 0.467 e. The van der Waals surface area contributed by atoms with Crippen molar-refractivity contribution in [3.8, 4) is 5.69 Å². The Morgan fingerprint density at radius 2 is 1.74 bits per heavy atom. The molecule has 0 aliphatic rings. The Labute approximate surface area is 180 Å². The summed E-state index contributed by atoms with van der Waals surface area (Å²) in [7, 11) is 0. The molecule has 2 heterocycles. The van der Waals surface area contributed by atoms with E-state index in [1.165, 1.54) is 12.1 Å². The maximum Gasteiger partial charge on any atom is 0.227 e. The van der Waals surface area contributed by atoms with Crippen LogP contribution < -0.4 is 0 Å². The predicted octanol–water partition coefficient (Wildman–Crippen LogP) is 4.99. The van der Waals surface area contributed by atoms with Gasteiger partial charge in [0.25, 0.3) is 0 Å². The number of benzene rings is 2. The zero-order chi connectivity index (χ0) is 21.8. The fourth-order valence-electron chi connectivity index (χ4n) is 3.65. The highest BCUT2D eigenvalue weighted by Gasteiger charge is 2.21. The first-order valence-electron chi connectivity index (χ1n) is 10.2. The van der Waals surface area contributed by atoms with Crippen LogP contribution in [0.15, 0.2) is 77.4 Å². The number of nitrogens with zero attached hydrogens (tertiary/aromatic N) is 3. The highest BCUT2D eigenvalue weighted by molar-refractivity contribution is 5.79. The molecule has 158 valence electrons. The molecule has 31 heavy (non-hydrogen) atoms. The number of aryl methyl sites for hydroxylation is 1. The first-order chi connectivity index (χ1) is 15.0. The fourth-order valence-corrected chi connectivity index (χ4v) is 3.65. The molecule has 0 aliphatic heterocycles. The van der Waals surface area contributed by atoms with Gasteiger partial charge in [-0.2, -0.15) is 5.10 Å². The quantitative estimate of drug-likeness (QED) is 0.426. The van der Waals surface area contributed by atoms with Gasteiger partial charge in [0.2, 0.25) is 5.91 Å². The van der Waals surface area contributed by atoms with Crippen molar-refractivity contribution in [3.63, 3.8) is 0 Å². The van der Waals surface area contributed by atoms with Crippen LogP contribution in [0.4, 0.5) is 4.39 Å².